The Hall–Kier alpha value is -2.82. The standard InChI is InChI=1S/C17H18N4O/c1-3-14(22)19-13-8-6-12(7-9-13)15-16(18)21-10-4-5-11(2)17(21)20-15/h4-10H,3,18H2,1-2H3,(H,19,22). The number of hydrogen-bond donors (Lipinski definition) is 2. The monoisotopic (exact) mass is 294 g/mol. The largest absolute Gasteiger partial charge is 0.383 e. The molecule has 0 aliphatic rings. The van der Waals surface area contributed by atoms with Crippen LogP contribution in [0.5, 0.6) is 0 Å². The minimum absolute atomic E-state index is 0.00406. The molecular weight excluding hydrogens is 276 g/mol. The molecule has 1 aromatic carbocycles. The van der Waals surface area contributed by atoms with Gasteiger partial charge in [0.05, 0.1) is 0 Å². The van der Waals surface area contributed by atoms with Gasteiger partial charge in [-0.05, 0) is 30.7 Å². The Bertz CT molecular complexity index is 834. The number of hydrogen-bond acceptors (Lipinski definition) is 3. The number of benzene rings is 1. The Morgan fingerprint density at radius 3 is 2.64 bits per heavy atom. The summed E-state index contributed by atoms with van der Waals surface area (Å²) in [5.74, 6) is 0.611. The van der Waals surface area contributed by atoms with Crippen molar-refractivity contribution in [3.8, 4) is 11.3 Å². The number of nitrogen functional groups attached to an aromatic ring is 1. The number of aryl methyl sites for hydroxylation is 1. The molecular formula is C17H18N4O. The van der Waals surface area contributed by atoms with E-state index < -0.39 is 0 Å². The van der Waals surface area contributed by atoms with Crippen LogP contribution in [0, 0.1) is 6.92 Å². The molecule has 3 N–H and O–H groups in total. The first-order valence-electron chi connectivity index (χ1n) is 7.23. The van der Waals surface area contributed by atoms with Crippen LogP contribution in [0.3, 0.4) is 0 Å². The third-order valence-corrected chi connectivity index (χ3v) is 3.65. The molecule has 3 aromatic rings. The van der Waals surface area contributed by atoms with Crippen LogP contribution < -0.4 is 11.1 Å². The number of carbonyl (C=O) groups excluding carboxylic acids is 1. The van der Waals surface area contributed by atoms with Crippen molar-refractivity contribution in [2.75, 3.05) is 11.1 Å². The highest BCUT2D eigenvalue weighted by atomic mass is 16.1. The Balaban J connectivity index is 1.99. The van der Waals surface area contributed by atoms with E-state index in [1.165, 1.54) is 0 Å². The van der Waals surface area contributed by atoms with Crippen molar-refractivity contribution in [3.63, 3.8) is 0 Å². The van der Waals surface area contributed by atoms with Crippen LogP contribution in [-0.4, -0.2) is 15.3 Å². The van der Waals surface area contributed by atoms with E-state index >= 15 is 0 Å². The van der Waals surface area contributed by atoms with E-state index in [4.69, 9.17) is 5.73 Å². The SMILES string of the molecule is CCC(=O)Nc1ccc(-c2nc3c(C)cccn3c2N)cc1. The van der Waals surface area contributed by atoms with Crippen molar-refractivity contribution in [1.82, 2.24) is 9.38 Å². The zero-order valence-corrected chi connectivity index (χ0v) is 12.6. The molecule has 0 atom stereocenters. The highest BCUT2D eigenvalue weighted by molar-refractivity contribution is 5.90. The lowest BCUT2D eigenvalue weighted by atomic mass is 10.1. The van der Waals surface area contributed by atoms with E-state index in [0.29, 0.717) is 12.2 Å². The van der Waals surface area contributed by atoms with Gasteiger partial charge in [0, 0.05) is 23.9 Å². The van der Waals surface area contributed by atoms with Crippen molar-refractivity contribution >= 4 is 23.1 Å². The smallest absolute Gasteiger partial charge is 0.224 e. The van der Waals surface area contributed by atoms with Gasteiger partial charge in [0.15, 0.2) is 0 Å². The number of imidazole rings is 1. The molecule has 0 unspecified atom stereocenters. The lowest BCUT2D eigenvalue weighted by molar-refractivity contribution is -0.115. The second-order valence-electron chi connectivity index (χ2n) is 5.21. The fraction of sp³-hybridized carbons (Fsp3) is 0.176. The first kappa shape index (κ1) is 14.1. The molecule has 0 aliphatic carbocycles. The van der Waals surface area contributed by atoms with E-state index in [-0.39, 0.29) is 5.91 Å². The highest BCUT2D eigenvalue weighted by Crippen LogP contribution is 2.28. The van der Waals surface area contributed by atoms with Gasteiger partial charge in [0.25, 0.3) is 0 Å². The number of amides is 1. The highest BCUT2D eigenvalue weighted by Gasteiger charge is 2.12. The summed E-state index contributed by atoms with van der Waals surface area (Å²) in [4.78, 5) is 16.0. The quantitative estimate of drug-likeness (QED) is 0.779. The first-order valence-corrected chi connectivity index (χ1v) is 7.23. The molecule has 0 spiro atoms. The molecule has 0 radical (unpaired) electrons. The Morgan fingerprint density at radius 1 is 1.27 bits per heavy atom. The summed E-state index contributed by atoms with van der Waals surface area (Å²) in [6.07, 6.45) is 2.37. The number of nitrogens with one attached hydrogen (secondary N) is 1. The summed E-state index contributed by atoms with van der Waals surface area (Å²) in [6, 6.07) is 11.5. The number of pyridine rings is 1. The average molecular weight is 294 g/mol. The van der Waals surface area contributed by atoms with Gasteiger partial charge in [-0.2, -0.15) is 0 Å². The summed E-state index contributed by atoms with van der Waals surface area (Å²) < 4.78 is 1.89. The maximum atomic E-state index is 11.4. The van der Waals surface area contributed by atoms with Gasteiger partial charge in [0.1, 0.15) is 17.2 Å². The Labute approximate surface area is 128 Å². The molecule has 2 heterocycles. The molecule has 22 heavy (non-hydrogen) atoms. The number of rotatable bonds is 3. The van der Waals surface area contributed by atoms with Gasteiger partial charge >= 0.3 is 0 Å². The average Bonchev–Trinajstić information content (AvgIpc) is 2.87. The molecule has 3 rings (SSSR count). The van der Waals surface area contributed by atoms with Gasteiger partial charge in [-0.1, -0.05) is 25.1 Å². The Morgan fingerprint density at radius 2 is 2.00 bits per heavy atom. The van der Waals surface area contributed by atoms with Gasteiger partial charge in [-0.3, -0.25) is 9.20 Å². The normalized spacial score (nSPS) is 10.8. The third-order valence-electron chi connectivity index (χ3n) is 3.65. The second kappa shape index (κ2) is 5.52. The minimum Gasteiger partial charge on any atom is -0.383 e. The number of aromatic nitrogens is 2. The van der Waals surface area contributed by atoms with Crippen LogP contribution in [0.4, 0.5) is 11.5 Å². The van der Waals surface area contributed by atoms with Crippen molar-refractivity contribution in [1.29, 1.82) is 0 Å². The van der Waals surface area contributed by atoms with Crippen molar-refractivity contribution in [2.24, 2.45) is 0 Å². The van der Waals surface area contributed by atoms with Crippen molar-refractivity contribution in [3.05, 3.63) is 48.2 Å². The predicted molar refractivity (Wildman–Crippen MR) is 88.7 cm³/mol. The molecule has 0 fully saturated rings. The molecule has 5 heteroatoms. The van der Waals surface area contributed by atoms with Gasteiger partial charge < -0.3 is 11.1 Å². The first-order chi connectivity index (χ1) is 10.6. The maximum absolute atomic E-state index is 11.4. The Kier molecular flexibility index (Phi) is 3.55. The molecule has 0 aliphatic heterocycles. The summed E-state index contributed by atoms with van der Waals surface area (Å²) in [7, 11) is 0. The van der Waals surface area contributed by atoms with Crippen LogP contribution in [0.1, 0.15) is 18.9 Å². The summed E-state index contributed by atoms with van der Waals surface area (Å²) >= 11 is 0. The van der Waals surface area contributed by atoms with E-state index in [0.717, 1.165) is 28.2 Å². The van der Waals surface area contributed by atoms with Crippen LogP contribution in [0.25, 0.3) is 16.9 Å². The molecule has 112 valence electrons. The summed E-state index contributed by atoms with van der Waals surface area (Å²) in [5, 5.41) is 2.82. The lowest BCUT2D eigenvalue weighted by Gasteiger charge is -2.04. The van der Waals surface area contributed by atoms with Crippen LogP contribution in [0.2, 0.25) is 0 Å². The molecule has 0 saturated carbocycles. The number of fused-ring (bicyclic) bond motifs is 1. The van der Waals surface area contributed by atoms with E-state index in [9.17, 15) is 4.79 Å². The molecule has 1 amide bonds. The zero-order chi connectivity index (χ0) is 15.7. The summed E-state index contributed by atoms with van der Waals surface area (Å²) in [6.45, 7) is 3.83. The number of nitrogens with zero attached hydrogens (tertiary/aromatic N) is 2. The third kappa shape index (κ3) is 2.41. The van der Waals surface area contributed by atoms with Crippen molar-refractivity contribution in [2.45, 2.75) is 20.3 Å². The van der Waals surface area contributed by atoms with Crippen LogP contribution >= 0.6 is 0 Å². The van der Waals surface area contributed by atoms with E-state index in [1.54, 1.807) is 0 Å². The molecule has 2 aromatic heterocycles. The number of anilines is 2. The maximum Gasteiger partial charge on any atom is 0.224 e. The lowest BCUT2D eigenvalue weighted by Crippen LogP contribution is -2.09. The summed E-state index contributed by atoms with van der Waals surface area (Å²) in [5.41, 5.74) is 10.6. The zero-order valence-electron chi connectivity index (χ0n) is 12.6. The molecule has 5 nitrogen and oxygen atoms in total. The van der Waals surface area contributed by atoms with Crippen LogP contribution in [0.15, 0.2) is 42.6 Å². The number of carbonyl (C=O) groups is 1. The fourth-order valence-electron chi connectivity index (χ4n) is 2.40. The van der Waals surface area contributed by atoms with Gasteiger partial charge in [0.2, 0.25) is 5.91 Å². The predicted octanol–water partition coefficient (Wildman–Crippen LogP) is 3.24. The minimum atomic E-state index is -0.00406. The van der Waals surface area contributed by atoms with E-state index in [1.807, 2.05) is 60.8 Å². The van der Waals surface area contributed by atoms with Crippen molar-refractivity contribution < 1.29 is 4.79 Å². The van der Waals surface area contributed by atoms with Gasteiger partial charge in [-0.15, -0.1) is 0 Å². The van der Waals surface area contributed by atoms with Crippen LogP contribution in [-0.2, 0) is 4.79 Å². The molecule has 0 bridgehead atoms. The number of nitrogens with two attached hydrogens (primary N) is 1. The second-order valence-corrected chi connectivity index (χ2v) is 5.21. The van der Waals surface area contributed by atoms with Gasteiger partial charge in [-0.25, -0.2) is 4.98 Å². The fourth-order valence-corrected chi connectivity index (χ4v) is 2.40. The van der Waals surface area contributed by atoms with E-state index in [2.05, 4.69) is 10.3 Å². The molecule has 0 saturated heterocycles. The topological polar surface area (TPSA) is 72.4 Å².